The van der Waals surface area contributed by atoms with E-state index in [4.69, 9.17) is 14.5 Å². The molecule has 1 saturated heterocycles. The number of anilines is 1. The summed E-state index contributed by atoms with van der Waals surface area (Å²) in [6, 6.07) is 8.85. The van der Waals surface area contributed by atoms with Crippen molar-refractivity contribution in [1.82, 2.24) is 0 Å². The monoisotopic (exact) mass is 398 g/mol. The van der Waals surface area contributed by atoms with Crippen molar-refractivity contribution in [3.8, 4) is 5.75 Å². The zero-order valence-electron chi connectivity index (χ0n) is 16.1. The van der Waals surface area contributed by atoms with Crippen LogP contribution in [0.3, 0.4) is 0 Å². The third-order valence-electron chi connectivity index (χ3n) is 5.92. The number of carbonyl (C=O) groups excluding carboxylic acids is 2. The van der Waals surface area contributed by atoms with Gasteiger partial charge in [-0.05, 0) is 12.2 Å². The highest BCUT2D eigenvalue weighted by Gasteiger charge is 2.39. The van der Waals surface area contributed by atoms with Crippen molar-refractivity contribution < 1.29 is 19.1 Å². The molecule has 0 radical (unpaired) electrons. The summed E-state index contributed by atoms with van der Waals surface area (Å²) in [4.78, 5) is 34.0. The largest absolute Gasteiger partial charge is 0.478 e. The van der Waals surface area contributed by atoms with E-state index in [-0.39, 0.29) is 17.7 Å². The summed E-state index contributed by atoms with van der Waals surface area (Å²) in [5.74, 6) is 0.198. The van der Waals surface area contributed by atoms with Crippen LogP contribution in [0.15, 0.2) is 59.6 Å². The maximum atomic E-state index is 13.6. The standard InChI is InChI=1S/C24H18N2O4/c27-23-14-5-1-2-6-15(14)24(28)21-20(23)17(26-9-11-29-12-10-26)13-19-22(21)25-16-7-3-4-8-18(16)30-19/h1-8,13,18H,9-12H2. The quantitative estimate of drug-likeness (QED) is 0.629. The lowest BCUT2D eigenvalue weighted by molar-refractivity contribution is 0.0978. The average Bonchev–Trinajstić information content (AvgIpc) is 2.80. The molecule has 6 nitrogen and oxygen atoms in total. The minimum Gasteiger partial charge on any atom is -0.478 e. The van der Waals surface area contributed by atoms with Gasteiger partial charge in [-0.3, -0.25) is 9.59 Å². The van der Waals surface area contributed by atoms with E-state index in [9.17, 15) is 9.59 Å². The first-order chi connectivity index (χ1) is 14.7. The molecule has 2 aromatic carbocycles. The van der Waals surface area contributed by atoms with Gasteiger partial charge in [-0.2, -0.15) is 0 Å². The Hall–Kier alpha value is -3.51. The average molecular weight is 398 g/mol. The van der Waals surface area contributed by atoms with E-state index in [1.807, 2.05) is 30.4 Å². The minimum absolute atomic E-state index is 0.147. The van der Waals surface area contributed by atoms with Gasteiger partial charge < -0.3 is 14.4 Å². The first-order valence-electron chi connectivity index (χ1n) is 10.0. The molecule has 6 rings (SSSR count). The highest BCUT2D eigenvalue weighted by atomic mass is 16.5. The van der Waals surface area contributed by atoms with Crippen molar-refractivity contribution in [3.63, 3.8) is 0 Å². The van der Waals surface area contributed by atoms with Gasteiger partial charge in [0.2, 0.25) is 0 Å². The van der Waals surface area contributed by atoms with E-state index >= 15 is 0 Å². The van der Waals surface area contributed by atoms with Crippen LogP contribution < -0.4 is 9.64 Å². The third kappa shape index (κ3) is 2.44. The lowest BCUT2D eigenvalue weighted by atomic mass is 9.81. The molecule has 148 valence electrons. The molecule has 1 unspecified atom stereocenters. The smallest absolute Gasteiger partial charge is 0.196 e. The van der Waals surface area contributed by atoms with Crippen LogP contribution in [0.5, 0.6) is 5.75 Å². The van der Waals surface area contributed by atoms with Crippen molar-refractivity contribution in [2.24, 2.45) is 4.99 Å². The Bertz CT molecular complexity index is 1200. The van der Waals surface area contributed by atoms with E-state index in [2.05, 4.69) is 4.90 Å². The van der Waals surface area contributed by atoms with Crippen LogP contribution in [-0.4, -0.2) is 49.7 Å². The fourth-order valence-corrected chi connectivity index (χ4v) is 4.47. The Kier molecular flexibility index (Phi) is 3.76. The highest BCUT2D eigenvalue weighted by Crippen LogP contribution is 2.47. The van der Waals surface area contributed by atoms with Gasteiger partial charge in [0.15, 0.2) is 17.7 Å². The second kappa shape index (κ2) is 6.50. The third-order valence-corrected chi connectivity index (χ3v) is 5.92. The number of fused-ring (bicyclic) bond motifs is 5. The number of carbonyl (C=O) groups is 2. The summed E-state index contributed by atoms with van der Waals surface area (Å²) in [5, 5.41) is 0. The van der Waals surface area contributed by atoms with Crippen molar-refractivity contribution in [1.29, 1.82) is 0 Å². The number of ether oxygens (including phenoxy) is 2. The summed E-state index contributed by atoms with van der Waals surface area (Å²) in [5.41, 5.74) is 3.50. The van der Waals surface area contributed by atoms with Crippen LogP contribution in [0.1, 0.15) is 31.8 Å². The highest BCUT2D eigenvalue weighted by molar-refractivity contribution is 6.32. The van der Waals surface area contributed by atoms with Gasteiger partial charge in [0, 0.05) is 30.3 Å². The molecule has 2 aromatic rings. The molecule has 2 heterocycles. The van der Waals surface area contributed by atoms with Crippen molar-refractivity contribution in [2.75, 3.05) is 31.2 Å². The molecule has 2 aliphatic heterocycles. The maximum absolute atomic E-state index is 13.6. The number of morpholine rings is 1. The Balaban J connectivity index is 1.63. The van der Waals surface area contributed by atoms with E-state index in [0.29, 0.717) is 65.7 Å². The maximum Gasteiger partial charge on any atom is 0.196 e. The van der Waals surface area contributed by atoms with E-state index in [1.165, 1.54) is 0 Å². The number of benzene rings is 2. The van der Waals surface area contributed by atoms with Gasteiger partial charge in [0.1, 0.15) is 11.4 Å². The molecule has 0 amide bonds. The Labute approximate surface area is 173 Å². The van der Waals surface area contributed by atoms with Crippen LogP contribution in [0.4, 0.5) is 11.4 Å². The zero-order chi connectivity index (χ0) is 20.2. The summed E-state index contributed by atoms with van der Waals surface area (Å²) < 4.78 is 11.7. The van der Waals surface area contributed by atoms with Crippen molar-refractivity contribution >= 4 is 28.7 Å². The fraction of sp³-hybridized carbons (Fsp3) is 0.208. The number of nitrogens with zero attached hydrogens (tertiary/aromatic N) is 2. The molecule has 6 heteroatoms. The topological polar surface area (TPSA) is 68.2 Å². The number of hydrogen-bond donors (Lipinski definition) is 0. The van der Waals surface area contributed by atoms with Gasteiger partial charge >= 0.3 is 0 Å². The molecule has 0 spiro atoms. The van der Waals surface area contributed by atoms with Crippen LogP contribution in [-0.2, 0) is 4.74 Å². The molecule has 1 fully saturated rings. The van der Waals surface area contributed by atoms with Crippen LogP contribution in [0.2, 0.25) is 0 Å². The predicted molar refractivity (Wildman–Crippen MR) is 113 cm³/mol. The summed E-state index contributed by atoms with van der Waals surface area (Å²) in [7, 11) is 0. The van der Waals surface area contributed by atoms with Crippen LogP contribution in [0, 0.1) is 0 Å². The number of aliphatic imine (C=N–C) groups is 1. The van der Waals surface area contributed by atoms with Crippen LogP contribution in [0.25, 0.3) is 0 Å². The second-order valence-corrected chi connectivity index (χ2v) is 7.61. The van der Waals surface area contributed by atoms with E-state index in [1.54, 1.807) is 24.3 Å². The van der Waals surface area contributed by atoms with E-state index in [0.717, 1.165) is 5.71 Å². The Morgan fingerprint density at radius 2 is 1.70 bits per heavy atom. The molecule has 0 saturated carbocycles. The van der Waals surface area contributed by atoms with E-state index < -0.39 is 0 Å². The first-order valence-corrected chi connectivity index (χ1v) is 10.0. The zero-order valence-corrected chi connectivity index (χ0v) is 16.1. The first kappa shape index (κ1) is 17.4. The molecule has 1 atom stereocenters. The van der Waals surface area contributed by atoms with Crippen molar-refractivity contribution in [3.05, 3.63) is 76.9 Å². The minimum atomic E-state index is -0.292. The van der Waals surface area contributed by atoms with Crippen LogP contribution >= 0.6 is 0 Å². The lowest BCUT2D eigenvalue weighted by Gasteiger charge is -2.34. The van der Waals surface area contributed by atoms with Gasteiger partial charge in [-0.15, -0.1) is 0 Å². The Morgan fingerprint density at radius 3 is 2.47 bits per heavy atom. The number of rotatable bonds is 1. The molecule has 0 aromatic heterocycles. The molecule has 0 bridgehead atoms. The normalized spacial score (nSPS) is 21.3. The summed E-state index contributed by atoms with van der Waals surface area (Å²) in [6.07, 6.45) is 7.32. The van der Waals surface area contributed by atoms with Gasteiger partial charge in [0.25, 0.3) is 0 Å². The fourth-order valence-electron chi connectivity index (χ4n) is 4.47. The molecular formula is C24H18N2O4. The van der Waals surface area contributed by atoms with Gasteiger partial charge in [-0.1, -0.05) is 36.4 Å². The number of ketones is 2. The second-order valence-electron chi connectivity index (χ2n) is 7.61. The SMILES string of the molecule is O=C1c2ccccc2C(=O)c2c3c(cc(N4CCOCC4)c21)OC1C=CC=CC1=N3. The number of allylic oxidation sites excluding steroid dienone is 2. The molecule has 2 aliphatic carbocycles. The van der Waals surface area contributed by atoms with Gasteiger partial charge in [-0.25, -0.2) is 4.99 Å². The molecule has 4 aliphatic rings. The lowest BCUT2D eigenvalue weighted by Crippen LogP contribution is -2.38. The molecular weight excluding hydrogens is 380 g/mol. The Morgan fingerprint density at radius 1 is 0.967 bits per heavy atom. The predicted octanol–water partition coefficient (Wildman–Crippen LogP) is 3.26. The number of hydrogen-bond acceptors (Lipinski definition) is 6. The summed E-state index contributed by atoms with van der Waals surface area (Å²) >= 11 is 0. The van der Waals surface area contributed by atoms with Gasteiger partial charge in [0.05, 0.1) is 35.7 Å². The molecule has 0 N–H and O–H groups in total. The molecule has 30 heavy (non-hydrogen) atoms. The van der Waals surface area contributed by atoms with Crippen molar-refractivity contribution in [2.45, 2.75) is 6.10 Å². The summed E-state index contributed by atoms with van der Waals surface area (Å²) in [6.45, 7) is 2.44.